The van der Waals surface area contributed by atoms with Crippen LogP contribution in [0.2, 0.25) is 0 Å². The van der Waals surface area contributed by atoms with Gasteiger partial charge in [0.15, 0.2) is 0 Å². The molecule has 0 amide bonds. The molecule has 3 nitrogen and oxygen atoms in total. The van der Waals surface area contributed by atoms with E-state index in [2.05, 4.69) is 23.2 Å². The average molecular weight is 499 g/mol. The van der Waals surface area contributed by atoms with Crippen LogP contribution in [0.5, 0.6) is 0 Å². The Labute approximate surface area is 156 Å². The molecule has 1 aromatic heterocycles. The van der Waals surface area contributed by atoms with Crippen LogP contribution in [0.25, 0.3) is 22.0 Å². The summed E-state index contributed by atoms with van der Waals surface area (Å²) in [5.41, 5.74) is 2.04. The molecule has 0 spiro atoms. The third kappa shape index (κ3) is 5.82. The monoisotopic (exact) mass is 499 g/mol. The van der Waals surface area contributed by atoms with Gasteiger partial charge in [-0.3, -0.25) is 9.59 Å². The SMILES string of the molecule is CC(=O)CC(C)=O.[Pt].[c-]1ccccc1-c1nccc2ccccc12. The fourth-order valence-corrected chi connectivity index (χ4v) is 2.23. The summed E-state index contributed by atoms with van der Waals surface area (Å²) in [6, 6.07) is 21.4. The topological polar surface area (TPSA) is 47.0 Å². The molecule has 0 aliphatic rings. The van der Waals surface area contributed by atoms with Crippen LogP contribution in [0.3, 0.4) is 0 Å². The number of pyridine rings is 1. The van der Waals surface area contributed by atoms with E-state index in [0.29, 0.717) is 0 Å². The van der Waals surface area contributed by atoms with Gasteiger partial charge in [0.2, 0.25) is 0 Å². The third-order valence-electron chi connectivity index (χ3n) is 3.14. The van der Waals surface area contributed by atoms with Crippen LogP contribution in [0.4, 0.5) is 0 Å². The Morgan fingerprint density at radius 2 is 1.62 bits per heavy atom. The number of ketones is 2. The van der Waals surface area contributed by atoms with E-state index < -0.39 is 0 Å². The van der Waals surface area contributed by atoms with Gasteiger partial charge in [0.05, 0.1) is 6.42 Å². The van der Waals surface area contributed by atoms with Gasteiger partial charge >= 0.3 is 0 Å². The average Bonchev–Trinajstić information content (AvgIpc) is 2.54. The predicted molar refractivity (Wildman–Crippen MR) is 92.0 cm³/mol. The van der Waals surface area contributed by atoms with E-state index in [4.69, 9.17) is 0 Å². The van der Waals surface area contributed by atoms with E-state index >= 15 is 0 Å². The van der Waals surface area contributed by atoms with Crippen LogP contribution in [-0.2, 0) is 30.7 Å². The van der Waals surface area contributed by atoms with Crippen molar-refractivity contribution in [2.75, 3.05) is 0 Å². The van der Waals surface area contributed by atoms with Crippen molar-refractivity contribution in [3.05, 3.63) is 66.9 Å². The minimum Gasteiger partial charge on any atom is -0.304 e. The number of rotatable bonds is 3. The first-order chi connectivity index (χ1) is 11.1. The summed E-state index contributed by atoms with van der Waals surface area (Å²) >= 11 is 0. The summed E-state index contributed by atoms with van der Waals surface area (Å²) in [7, 11) is 0. The van der Waals surface area contributed by atoms with Crippen LogP contribution in [-0.4, -0.2) is 16.6 Å². The first kappa shape index (κ1) is 19.9. The summed E-state index contributed by atoms with van der Waals surface area (Å²) in [6.45, 7) is 2.81. The molecule has 3 aromatic rings. The van der Waals surface area contributed by atoms with Crippen LogP contribution in [0.1, 0.15) is 20.3 Å². The fourth-order valence-electron chi connectivity index (χ4n) is 2.23. The molecule has 0 fully saturated rings. The Morgan fingerprint density at radius 3 is 2.21 bits per heavy atom. The van der Waals surface area contributed by atoms with Crippen molar-refractivity contribution in [2.45, 2.75) is 20.3 Å². The van der Waals surface area contributed by atoms with Crippen molar-refractivity contribution >= 4 is 22.3 Å². The van der Waals surface area contributed by atoms with Crippen molar-refractivity contribution in [3.63, 3.8) is 0 Å². The molecule has 1 heterocycles. The molecule has 0 aliphatic heterocycles. The smallest absolute Gasteiger partial charge is 0.137 e. The zero-order chi connectivity index (χ0) is 16.7. The van der Waals surface area contributed by atoms with Gasteiger partial charge in [-0.25, -0.2) is 0 Å². The van der Waals surface area contributed by atoms with Crippen molar-refractivity contribution in [1.29, 1.82) is 0 Å². The Hall–Kier alpha value is -2.12. The minimum atomic E-state index is -0.0625. The molecule has 24 heavy (non-hydrogen) atoms. The fraction of sp³-hybridized carbons (Fsp3) is 0.150. The van der Waals surface area contributed by atoms with Gasteiger partial charge in [0, 0.05) is 27.3 Å². The van der Waals surface area contributed by atoms with Crippen LogP contribution >= 0.6 is 0 Å². The molecular weight excluding hydrogens is 481 g/mol. The van der Waals surface area contributed by atoms with Gasteiger partial charge < -0.3 is 4.98 Å². The zero-order valence-electron chi connectivity index (χ0n) is 13.6. The molecule has 0 N–H and O–H groups in total. The zero-order valence-corrected chi connectivity index (χ0v) is 15.8. The second kappa shape index (κ2) is 9.89. The van der Waals surface area contributed by atoms with Gasteiger partial charge in [0.1, 0.15) is 11.6 Å². The van der Waals surface area contributed by atoms with Gasteiger partial charge in [-0.05, 0) is 36.4 Å². The maximum absolute atomic E-state index is 10.0. The minimum absolute atomic E-state index is 0. The normalized spacial score (nSPS) is 9.42. The summed E-state index contributed by atoms with van der Waals surface area (Å²) in [4.78, 5) is 24.5. The largest absolute Gasteiger partial charge is 0.304 e. The number of Topliss-reactive ketones (excluding diaryl/α,β-unsaturated/α-hetero) is 2. The quantitative estimate of drug-likeness (QED) is 0.400. The Bertz CT molecular complexity index is 799. The van der Waals surface area contributed by atoms with E-state index in [1.807, 2.05) is 48.7 Å². The van der Waals surface area contributed by atoms with Gasteiger partial charge in [-0.15, -0.1) is 35.9 Å². The second-order valence-corrected chi connectivity index (χ2v) is 5.24. The summed E-state index contributed by atoms with van der Waals surface area (Å²) in [6.07, 6.45) is 1.93. The molecule has 0 aliphatic carbocycles. The van der Waals surface area contributed by atoms with E-state index in [1.54, 1.807) is 0 Å². The molecule has 0 saturated heterocycles. The molecule has 126 valence electrons. The molecule has 2 aromatic carbocycles. The van der Waals surface area contributed by atoms with Crippen molar-refractivity contribution in [2.24, 2.45) is 0 Å². The van der Waals surface area contributed by atoms with Crippen LogP contribution < -0.4 is 0 Å². The van der Waals surface area contributed by atoms with E-state index in [9.17, 15) is 9.59 Å². The molecule has 0 bridgehead atoms. The predicted octanol–water partition coefficient (Wildman–Crippen LogP) is 4.25. The molecule has 0 radical (unpaired) electrons. The second-order valence-electron chi connectivity index (χ2n) is 5.24. The van der Waals surface area contributed by atoms with E-state index in [-0.39, 0.29) is 39.1 Å². The molecular formula is C20H18NO2Pt-. The maximum atomic E-state index is 10.0. The van der Waals surface area contributed by atoms with Crippen molar-refractivity contribution in [3.8, 4) is 11.3 Å². The number of aromatic nitrogens is 1. The number of carbonyl (C=O) groups excluding carboxylic acids is 2. The number of benzene rings is 2. The van der Waals surface area contributed by atoms with Gasteiger partial charge in [0.25, 0.3) is 0 Å². The van der Waals surface area contributed by atoms with E-state index in [1.165, 1.54) is 24.6 Å². The van der Waals surface area contributed by atoms with Crippen LogP contribution in [0, 0.1) is 6.07 Å². The van der Waals surface area contributed by atoms with Gasteiger partial charge in [-0.1, -0.05) is 24.3 Å². The Balaban J connectivity index is 0.000000312. The Kier molecular flexibility index (Phi) is 8.21. The number of nitrogens with zero attached hydrogens (tertiary/aromatic N) is 1. The molecule has 4 heteroatoms. The van der Waals surface area contributed by atoms with E-state index in [0.717, 1.165) is 11.3 Å². The first-order valence-corrected chi connectivity index (χ1v) is 7.37. The molecule has 0 unspecified atom stereocenters. The summed E-state index contributed by atoms with van der Waals surface area (Å²) in [5.74, 6) is -0.125. The molecule has 0 saturated carbocycles. The first-order valence-electron chi connectivity index (χ1n) is 7.37. The number of carbonyl (C=O) groups is 2. The summed E-state index contributed by atoms with van der Waals surface area (Å²) in [5, 5.41) is 2.39. The maximum Gasteiger partial charge on any atom is 0.137 e. The number of fused-ring (bicyclic) bond motifs is 1. The molecule has 0 atom stereocenters. The third-order valence-corrected chi connectivity index (χ3v) is 3.14. The molecule has 3 rings (SSSR count). The summed E-state index contributed by atoms with van der Waals surface area (Å²) < 4.78 is 0. The van der Waals surface area contributed by atoms with Gasteiger partial charge in [-0.2, -0.15) is 0 Å². The van der Waals surface area contributed by atoms with Crippen LogP contribution in [0.15, 0.2) is 60.8 Å². The number of hydrogen-bond donors (Lipinski definition) is 0. The standard InChI is InChI=1S/C15H10N.C5H8O2.Pt/c1-2-7-13(8-3-1)15-14-9-5-4-6-12(14)10-11-16-15;1-4(6)3-5(2)7;/h1-7,9-11H;3H2,1-2H3;/q-1;;. The van der Waals surface area contributed by atoms with Crippen molar-refractivity contribution < 1.29 is 30.7 Å². The Morgan fingerprint density at radius 1 is 0.958 bits per heavy atom. The van der Waals surface area contributed by atoms with Crippen molar-refractivity contribution in [1.82, 2.24) is 4.98 Å². The number of hydrogen-bond acceptors (Lipinski definition) is 3.